The number of halogens is 2. The number of nitrogen functional groups attached to an aromatic ring is 1. The minimum Gasteiger partial charge on any atom is -0.507 e. The molecule has 1 aliphatic heterocycles. The summed E-state index contributed by atoms with van der Waals surface area (Å²) < 4.78 is 26.1. The third-order valence-electron chi connectivity index (χ3n) is 6.26. The molecule has 1 aromatic carbocycles. The lowest BCUT2D eigenvalue weighted by Crippen LogP contribution is -2.34. The number of rotatable bonds is 3. The van der Waals surface area contributed by atoms with Crippen molar-refractivity contribution in [1.82, 2.24) is 20.2 Å². The quantitative estimate of drug-likeness (QED) is 0.554. The summed E-state index contributed by atoms with van der Waals surface area (Å²) in [4.78, 5) is 13.0. The summed E-state index contributed by atoms with van der Waals surface area (Å²) in [6.07, 6.45) is 2.12. The van der Waals surface area contributed by atoms with E-state index in [1.165, 1.54) is 0 Å². The van der Waals surface area contributed by atoms with Gasteiger partial charge in [0.05, 0.1) is 11.4 Å². The van der Waals surface area contributed by atoms with Gasteiger partial charge in [-0.25, -0.2) is 18.7 Å². The number of hydrogen-bond donors (Lipinski definition) is 2. The molecule has 3 aromatic rings. The van der Waals surface area contributed by atoms with Gasteiger partial charge in [-0.15, -0.1) is 10.2 Å². The fourth-order valence-electron chi connectivity index (χ4n) is 4.37. The van der Waals surface area contributed by atoms with Gasteiger partial charge in [-0.3, -0.25) is 0 Å². The Morgan fingerprint density at radius 3 is 2.60 bits per heavy atom. The first-order chi connectivity index (χ1) is 16.9. The lowest BCUT2D eigenvalue weighted by Gasteiger charge is -2.31. The van der Waals surface area contributed by atoms with Crippen molar-refractivity contribution in [2.75, 3.05) is 41.7 Å². The van der Waals surface area contributed by atoms with E-state index >= 15 is 0 Å². The molecule has 1 aliphatic carbocycles. The van der Waals surface area contributed by atoms with E-state index in [1.54, 1.807) is 24.4 Å². The summed E-state index contributed by atoms with van der Waals surface area (Å²) in [5.41, 5.74) is 8.09. The first kappa shape index (κ1) is 22.8. The van der Waals surface area contributed by atoms with Gasteiger partial charge in [-0.2, -0.15) is 0 Å². The van der Waals surface area contributed by atoms with Crippen LogP contribution in [0.5, 0.6) is 5.75 Å². The molecule has 2 aromatic heterocycles. The zero-order valence-electron chi connectivity index (χ0n) is 19.0. The Morgan fingerprint density at radius 1 is 1.03 bits per heavy atom. The number of phenolic OH excluding ortho intramolecular Hbond substituents is 1. The number of alkyl halides is 2. The van der Waals surface area contributed by atoms with Crippen LogP contribution in [-0.4, -0.2) is 57.4 Å². The molecule has 2 aliphatic rings. The number of para-hydroxylation sites is 1. The molecule has 3 N–H and O–H groups in total. The first-order valence-corrected chi connectivity index (χ1v) is 11.5. The van der Waals surface area contributed by atoms with Crippen LogP contribution in [0.1, 0.15) is 25.1 Å². The number of aromatic nitrogens is 4. The Hall–Kier alpha value is -4.00. The van der Waals surface area contributed by atoms with Crippen molar-refractivity contribution in [2.24, 2.45) is 5.92 Å². The maximum absolute atomic E-state index is 13.0. The molecule has 180 valence electrons. The standard InChI is InChI=1S/C25H25F2N7O/c26-25(27)15-17(16-25)6-7-22-29-9-8-23(30-22)34-11-3-10-33(12-13-34)20-14-19(31-32-24(20)28)18-4-1-2-5-21(18)35/h1-2,4-5,8-9,14,17,35H,3,10-13,15-16H2,(H2,28,32). The highest BCUT2D eigenvalue weighted by molar-refractivity contribution is 5.74. The summed E-state index contributed by atoms with van der Waals surface area (Å²) in [6.45, 7) is 2.91. The van der Waals surface area contributed by atoms with E-state index < -0.39 is 5.92 Å². The van der Waals surface area contributed by atoms with Gasteiger partial charge in [0.15, 0.2) is 5.82 Å². The van der Waals surface area contributed by atoms with Crippen LogP contribution in [0.25, 0.3) is 11.3 Å². The van der Waals surface area contributed by atoms with E-state index in [9.17, 15) is 13.9 Å². The molecule has 0 atom stereocenters. The Bertz CT molecular complexity index is 1280. The highest BCUT2D eigenvalue weighted by Crippen LogP contribution is 2.41. The Kier molecular flexibility index (Phi) is 6.07. The predicted molar refractivity (Wildman–Crippen MR) is 129 cm³/mol. The van der Waals surface area contributed by atoms with Crippen LogP contribution >= 0.6 is 0 Å². The van der Waals surface area contributed by atoms with Gasteiger partial charge in [0.25, 0.3) is 5.92 Å². The molecule has 0 bridgehead atoms. The van der Waals surface area contributed by atoms with Crippen LogP contribution < -0.4 is 15.5 Å². The van der Waals surface area contributed by atoms with Gasteiger partial charge in [-0.05, 0) is 36.6 Å². The molecule has 8 nitrogen and oxygen atoms in total. The number of phenols is 1. The minimum absolute atomic E-state index is 0.133. The van der Waals surface area contributed by atoms with Crippen LogP contribution in [-0.2, 0) is 0 Å². The van der Waals surface area contributed by atoms with E-state index in [4.69, 9.17) is 5.73 Å². The van der Waals surface area contributed by atoms with Crippen molar-refractivity contribution < 1.29 is 13.9 Å². The van der Waals surface area contributed by atoms with Crippen LogP contribution in [0.4, 0.5) is 26.1 Å². The fraction of sp³-hybridized carbons (Fsp3) is 0.360. The third kappa shape index (κ3) is 5.09. The number of benzene rings is 1. The molecule has 10 heteroatoms. The molecule has 1 saturated carbocycles. The summed E-state index contributed by atoms with van der Waals surface area (Å²) in [7, 11) is 0. The number of nitrogens with zero attached hydrogens (tertiary/aromatic N) is 6. The van der Waals surface area contributed by atoms with Crippen LogP contribution in [0.3, 0.4) is 0 Å². The fourth-order valence-corrected chi connectivity index (χ4v) is 4.37. The van der Waals surface area contributed by atoms with Crippen molar-refractivity contribution in [2.45, 2.75) is 25.2 Å². The third-order valence-corrected chi connectivity index (χ3v) is 6.26. The molecular weight excluding hydrogens is 452 g/mol. The maximum Gasteiger partial charge on any atom is 0.250 e. The SMILES string of the molecule is Nc1nnc(-c2ccccc2O)cc1N1CCCN(c2ccnc(C#CC3CC(F)(F)C3)n2)CC1. The van der Waals surface area contributed by atoms with E-state index in [1.807, 2.05) is 18.2 Å². The van der Waals surface area contributed by atoms with Crippen LogP contribution in [0, 0.1) is 17.8 Å². The molecule has 0 radical (unpaired) electrons. The minimum atomic E-state index is -2.59. The maximum atomic E-state index is 13.0. The van der Waals surface area contributed by atoms with Crippen LogP contribution in [0.15, 0.2) is 42.6 Å². The lowest BCUT2D eigenvalue weighted by atomic mass is 9.82. The van der Waals surface area contributed by atoms with Crippen molar-refractivity contribution in [3.63, 3.8) is 0 Å². The molecule has 1 saturated heterocycles. The highest BCUT2D eigenvalue weighted by Gasteiger charge is 2.44. The van der Waals surface area contributed by atoms with Gasteiger partial charge >= 0.3 is 0 Å². The normalized spacial score (nSPS) is 17.8. The first-order valence-electron chi connectivity index (χ1n) is 11.5. The second-order valence-electron chi connectivity index (χ2n) is 8.81. The summed E-state index contributed by atoms with van der Waals surface area (Å²) in [5.74, 6) is 4.39. The molecule has 0 unspecified atom stereocenters. The topological polar surface area (TPSA) is 104 Å². The molecule has 2 fully saturated rings. The molecule has 3 heterocycles. The molecule has 5 rings (SSSR count). The number of aromatic hydroxyl groups is 1. The van der Waals surface area contributed by atoms with Gasteiger partial charge in [0.1, 0.15) is 11.6 Å². The average molecular weight is 478 g/mol. The van der Waals surface area contributed by atoms with E-state index in [-0.39, 0.29) is 24.5 Å². The highest BCUT2D eigenvalue weighted by atomic mass is 19.3. The smallest absolute Gasteiger partial charge is 0.250 e. The van der Waals surface area contributed by atoms with Crippen molar-refractivity contribution >= 4 is 17.3 Å². The molecular formula is C25H25F2N7O. The summed E-state index contributed by atoms with van der Waals surface area (Å²) >= 11 is 0. The second kappa shape index (κ2) is 9.33. The number of nitrogens with two attached hydrogens (primary N) is 1. The van der Waals surface area contributed by atoms with Gasteiger partial charge in [0, 0.05) is 56.7 Å². The van der Waals surface area contributed by atoms with Crippen LogP contribution in [0.2, 0.25) is 0 Å². The van der Waals surface area contributed by atoms with Crippen molar-refractivity contribution in [3.05, 3.63) is 48.4 Å². The predicted octanol–water partition coefficient (Wildman–Crippen LogP) is 3.33. The lowest BCUT2D eigenvalue weighted by molar-refractivity contribution is -0.0936. The monoisotopic (exact) mass is 477 g/mol. The summed E-state index contributed by atoms with van der Waals surface area (Å²) in [5, 5.41) is 18.5. The van der Waals surface area contributed by atoms with Crippen molar-refractivity contribution in [3.8, 4) is 28.8 Å². The molecule has 35 heavy (non-hydrogen) atoms. The average Bonchev–Trinajstić information content (AvgIpc) is 3.09. The zero-order valence-corrected chi connectivity index (χ0v) is 19.0. The summed E-state index contributed by atoms with van der Waals surface area (Å²) in [6, 6.07) is 10.7. The van der Waals surface area contributed by atoms with Gasteiger partial charge in [-0.1, -0.05) is 18.1 Å². The Balaban J connectivity index is 1.29. The zero-order chi connectivity index (χ0) is 24.4. The Labute approximate surface area is 201 Å². The van der Waals surface area contributed by atoms with E-state index in [2.05, 4.69) is 41.8 Å². The largest absolute Gasteiger partial charge is 0.507 e. The van der Waals surface area contributed by atoms with Gasteiger partial charge in [0.2, 0.25) is 5.82 Å². The number of anilines is 3. The second-order valence-corrected chi connectivity index (χ2v) is 8.81. The van der Waals surface area contributed by atoms with Crippen molar-refractivity contribution in [1.29, 1.82) is 0 Å². The van der Waals surface area contributed by atoms with E-state index in [0.29, 0.717) is 36.0 Å². The van der Waals surface area contributed by atoms with E-state index in [0.717, 1.165) is 31.0 Å². The molecule has 0 spiro atoms. The molecule has 0 amide bonds. The van der Waals surface area contributed by atoms with Gasteiger partial charge < -0.3 is 20.6 Å². The Morgan fingerprint density at radius 2 is 1.80 bits per heavy atom. The number of hydrogen-bond acceptors (Lipinski definition) is 8.